The van der Waals surface area contributed by atoms with Crippen LogP contribution in [0.15, 0.2) is 24.3 Å². The van der Waals surface area contributed by atoms with Gasteiger partial charge in [-0.2, -0.15) is 0 Å². The average molecular weight is 189 g/mol. The molecule has 1 aliphatic carbocycles. The zero-order valence-corrected chi connectivity index (χ0v) is 9.09. The van der Waals surface area contributed by atoms with E-state index in [1.807, 2.05) is 0 Å². The zero-order valence-electron chi connectivity index (χ0n) is 9.09. The maximum Gasteiger partial charge on any atom is -0.000552 e. The Morgan fingerprint density at radius 3 is 2.79 bits per heavy atom. The minimum Gasteiger partial charge on any atom is -0.330 e. The Morgan fingerprint density at radius 2 is 2.29 bits per heavy atom. The number of hydrogen-bond acceptors (Lipinski definition) is 1. The summed E-state index contributed by atoms with van der Waals surface area (Å²) in [4.78, 5) is 0. The van der Waals surface area contributed by atoms with Gasteiger partial charge in [0.05, 0.1) is 0 Å². The highest BCUT2D eigenvalue weighted by molar-refractivity contribution is 5.36. The van der Waals surface area contributed by atoms with Crippen molar-refractivity contribution in [2.45, 2.75) is 32.1 Å². The van der Waals surface area contributed by atoms with Gasteiger partial charge >= 0.3 is 0 Å². The SMILES string of the molecule is CCC1(c2cccc(C)c2)C[C@H]1CN. The summed E-state index contributed by atoms with van der Waals surface area (Å²) < 4.78 is 0. The van der Waals surface area contributed by atoms with Gasteiger partial charge < -0.3 is 5.73 Å². The van der Waals surface area contributed by atoms with E-state index in [0.717, 1.165) is 6.54 Å². The van der Waals surface area contributed by atoms with Gasteiger partial charge in [-0.25, -0.2) is 0 Å². The van der Waals surface area contributed by atoms with Crippen molar-refractivity contribution in [1.29, 1.82) is 0 Å². The molecule has 1 fully saturated rings. The van der Waals surface area contributed by atoms with E-state index in [9.17, 15) is 0 Å². The van der Waals surface area contributed by atoms with E-state index < -0.39 is 0 Å². The Morgan fingerprint density at radius 1 is 1.50 bits per heavy atom. The molecule has 1 saturated carbocycles. The molecule has 0 heterocycles. The van der Waals surface area contributed by atoms with Gasteiger partial charge in [-0.15, -0.1) is 0 Å². The molecule has 1 heteroatoms. The van der Waals surface area contributed by atoms with Crippen molar-refractivity contribution in [1.82, 2.24) is 0 Å². The molecule has 1 aliphatic rings. The van der Waals surface area contributed by atoms with Gasteiger partial charge in [0.15, 0.2) is 0 Å². The van der Waals surface area contributed by atoms with E-state index >= 15 is 0 Å². The predicted octanol–water partition coefficient (Wildman–Crippen LogP) is 2.62. The highest BCUT2D eigenvalue weighted by Crippen LogP contribution is 2.56. The second-order valence-electron chi connectivity index (χ2n) is 4.52. The second kappa shape index (κ2) is 3.39. The van der Waals surface area contributed by atoms with Crippen molar-refractivity contribution in [3.8, 4) is 0 Å². The number of nitrogens with two attached hydrogens (primary N) is 1. The van der Waals surface area contributed by atoms with Crippen LogP contribution in [0.1, 0.15) is 30.9 Å². The van der Waals surface area contributed by atoms with Crippen LogP contribution in [0.2, 0.25) is 0 Å². The predicted molar refractivity (Wildman–Crippen MR) is 60.3 cm³/mol. The van der Waals surface area contributed by atoms with Crippen molar-refractivity contribution in [2.24, 2.45) is 11.7 Å². The average Bonchev–Trinajstić information content (AvgIpc) is 2.93. The van der Waals surface area contributed by atoms with Crippen LogP contribution in [0.4, 0.5) is 0 Å². The van der Waals surface area contributed by atoms with Gasteiger partial charge in [0.2, 0.25) is 0 Å². The lowest BCUT2D eigenvalue weighted by molar-refractivity contribution is 0.587. The fourth-order valence-corrected chi connectivity index (χ4v) is 2.64. The molecule has 14 heavy (non-hydrogen) atoms. The lowest BCUT2D eigenvalue weighted by atomic mass is 9.89. The first-order chi connectivity index (χ1) is 6.73. The van der Waals surface area contributed by atoms with Crippen molar-refractivity contribution in [3.63, 3.8) is 0 Å². The molecule has 0 saturated heterocycles. The molecule has 76 valence electrons. The topological polar surface area (TPSA) is 26.0 Å². The quantitative estimate of drug-likeness (QED) is 0.777. The molecule has 1 aromatic carbocycles. The van der Waals surface area contributed by atoms with Crippen LogP contribution in [0.5, 0.6) is 0 Å². The van der Waals surface area contributed by atoms with E-state index in [0.29, 0.717) is 11.3 Å². The van der Waals surface area contributed by atoms with E-state index in [4.69, 9.17) is 5.73 Å². The standard InChI is InChI=1S/C13H19N/c1-3-13(8-12(13)9-14)11-6-4-5-10(2)7-11/h4-7,12H,3,8-9,14H2,1-2H3/t12-,13?/m0/s1. The molecular formula is C13H19N. The third-order valence-electron chi connectivity index (χ3n) is 3.74. The number of hydrogen-bond donors (Lipinski definition) is 1. The Kier molecular flexibility index (Phi) is 2.36. The van der Waals surface area contributed by atoms with Crippen molar-refractivity contribution in [3.05, 3.63) is 35.4 Å². The van der Waals surface area contributed by atoms with E-state index in [1.165, 1.54) is 24.0 Å². The molecule has 0 bridgehead atoms. The highest BCUT2D eigenvalue weighted by atomic mass is 14.7. The minimum absolute atomic E-state index is 0.417. The maximum absolute atomic E-state index is 5.76. The summed E-state index contributed by atoms with van der Waals surface area (Å²) in [5.74, 6) is 0.717. The smallest absolute Gasteiger partial charge is 0.000552 e. The highest BCUT2D eigenvalue weighted by Gasteiger charge is 2.52. The van der Waals surface area contributed by atoms with Gasteiger partial charge in [0.1, 0.15) is 0 Å². The third kappa shape index (κ3) is 1.36. The summed E-state index contributed by atoms with van der Waals surface area (Å²) in [6, 6.07) is 8.89. The first-order valence-electron chi connectivity index (χ1n) is 5.50. The Bertz CT molecular complexity index is 332. The van der Waals surface area contributed by atoms with Gasteiger partial charge in [-0.3, -0.25) is 0 Å². The normalized spacial score (nSPS) is 30.4. The van der Waals surface area contributed by atoms with Crippen LogP contribution < -0.4 is 5.73 Å². The lowest BCUT2D eigenvalue weighted by Gasteiger charge is -2.15. The molecule has 1 aromatic rings. The monoisotopic (exact) mass is 189 g/mol. The molecule has 0 aliphatic heterocycles. The third-order valence-corrected chi connectivity index (χ3v) is 3.74. The Balaban J connectivity index is 2.30. The van der Waals surface area contributed by atoms with Gasteiger partial charge in [-0.05, 0) is 43.2 Å². The van der Waals surface area contributed by atoms with Crippen molar-refractivity contribution < 1.29 is 0 Å². The molecular weight excluding hydrogens is 170 g/mol. The Labute approximate surface area is 86.3 Å². The molecule has 1 unspecified atom stereocenters. The summed E-state index contributed by atoms with van der Waals surface area (Å²) in [6.07, 6.45) is 2.50. The molecule has 2 rings (SSSR count). The first-order valence-corrected chi connectivity index (χ1v) is 5.50. The molecule has 0 amide bonds. The lowest BCUT2D eigenvalue weighted by Crippen LogP contribution is -2.14. The van der Waals surface area contributed by atoms with Gasteiger partial charge in [0.25, 0.3) is 0 Å². The van der Waals surface area contributed by atoms with Crippen molar-refractivity contribution >= 4 is 0 Å². The van der Waals surface area contributed by atoms with E-state index in [-0.39, 0.29) is 0 Å². The molecule has 0 aromatic heterocycles. The van der Waals surface area contributed by atoms with Crippen LogP contribution in [0, 0.1) is 12.8 Å². The number of rotatable bonds is 3. The summed E-state index contributed by atoms with van der Waals surface area (Å²) in [5.41, 5.74) is 9.03. The molecule has 1 nitrogen and oxygen atoms in total. The molecule has 0 spiro atoms. The van der Waals surface area contributed by atoms with Crippen LogP contribution in [-0.4, -0.2) is 6.54 Å². The first kappa shape index (κ1) is 9.72. The fraction of sp³-hybridized carbons (Fsp3) is 0.538. The van der Waals surface area contributed by atoms with Crippen LogP contribution in [0.3, 0.4) is 0 Å². The van der Waals surface area contributed by atoms with Gasteiger partial charge in [-0.1, -0.05) is 36.8 Å². The van der Waals surface area contributed by atoms with E-state index in [2.05, 4.69) is 38.1 Å². The molecule has 2 atom stereocenters. The summed E-state index contributed by atoms with van der Waals surface area (Å²) >= 11 is 0. The van der Waals surface area contributed by atoms with Crippen molar-refractivity contribution in [2.75, 3.05) is 6.54 Å². The second-order valence-corrected chi connectivity index (χ2v) is 4.52. The molecule has 0 radical (unpaired) electrons. The zero-order chi connectivity index (χ0) is 10.2. The molecule has 2 N–H and O–H groups in total. The summed E-state index contributed by atoms with van der Waals surface area (Å²) in [5, 5.41) is 0. The summed E-state index contributed by atoms with van der Waals surface area (Å²) in [7, 11) is 0. The number of aryl methyl sites for hydroxylation is 1. The Hall–Kier alpha value is -0.820. The van der Waals surface area contributed by atoms with Gasteiger partial charge in [0, 0.05) is 0 Å². The number of benzene rings is 1. The summed E-state index contributed by atoms with van der Waals surface area (Å²) in [6.45, 7) is 5.27. The fourth-order valence-electron chi connectivity index (χ4n) is 2.64. The largest absolute Gasteiger partial charge is 0.330 e. The minimum atomic E-state index is 0.417. The van der Waals surface area contributed by atoms with E-state index in [1.54, 1.807) is 0 Å². The maximum atomic E-state index is 5.76. The van der Waals surface area contributed by atoms with Crippen LogP contribution >= 0.6 is 0 Å². The van der Waals surface area contributed by atoms with Crippen LogP contribution in [0.25, 0.3) is 0 Å². The van der Waals surface area contributed by atoms with Crippen LogP contribution in [-0.2, 0) is 5.41 Å².